The number of nitrogens with zero attached hydrogens (tertiary/aromatic N) is 3. The van der Waals surface area contributed by atoms with Crippen LogP contribution in [0.5, 0.6) is 0 Å². The molecule has 0 bridgehead atoms. The van der Waals surface area contributed by atoms with E-state index in [-0.39, 0.29) is 24.0 Å². The van der Waals surface area contributed by atoms with Gasteiger partial charge in [0.15, 0.2) is 0 Å². The van der Waals surface area contributed by atoms with Gasteiger partial charge in [-0.25, -0.2) is 4.39 Å². The number of hydrogen-bond donors (Lipinski definition) is 2. The number of H-pyrrole nitrogens is 1. The van der Waals surface area contributed by atoms with Gasteiger partial charge in [-0.15, -0.1) is 0 Å². The number of likely N-dealkylation sites (N-methyl/N-ethyl adjacent to an activating group) is 1. The Kier molecular flexibility index (Phi) is 6.87. The van der Waals surface area contributed by atoms with Crippen molar-refractivity contribution in [1.29, 1.82) is 0 Å². The Morgan fingerprint density at radius 3 is 2.57 bits per heavy atom. The van der Waals surface area contributed by atoms with Gasteiger partial charge in [0.1, 0.15) is 5.82 Å². The van der Waals surface area contributed by atoms with E-state index in [1.165, 1.54) is 36.4 Å². The lowest BCUT2D eigenvalue weighted by Gasteiger charge is -2.15. The summed E-state index contributed by atoms with van der Waals surface area (Å²) in [5.41, 5.74) is 3.08. The van der Waals surface area contributed by atoms with Crippen LogP contribution in [-0.2, 0) is 11.2 Å². The van der Waals surface area contributed by atoms with Crippen molar-refractivity contribution in [2.75, 3.05) is 25.5 Å². The van der Waals surface area contributed by atoms with Crippen LogP contribution in [0.15, 0.2) is 54.6 Å². The maximum atomic E-state index is 13.0. The maximum Gasteiger partial charge on any atom is 0.269 e. The van der Waals surface area contributed by atoms with Gasteiger partial charge in [-0.1, -0.05) is 0 Å². The third kappa shape index (κ3) is 5.95. The van der Waals surface area contributed by atoms with Crippen LogP contribution in [-0.4, -0.2) is 46.1 Å². The second kappa shape index (κ2) is 9.75. The first-order chi connectivity index (χ1) is 14.4. The van der Waals surface area contributed by atoms with E-state index in [0.717, 1.165) is 29.8 Å². The molecule has 0 saturated heterocycles. The summed E-state index contributed by atoms with van der Waals surface area (Å²) in [5.74, 6) is -0.471. The van der Waals surface area contributed by atoms with E-state index in [1.807, 2.05) is 18.0 Å². The van der Waals surface area contributed by atoms with Crippen LogP contribution in [0.25, 0.3) is 11.3 Å². The number of amides is 1. The van der Waals surface area contributed by atoms with E-state index in [0.29, 0.717) is 12.2 Å². The number of halogens is 1. The molecular weight excluding hydrogens is 389 g/mol. The minimum Gasteiger partial charge on any atom is -0.325 e. The fraction of sp³-hybridized carbons (Fsp3) is 0.238. The summed E-state index contributed by atoms with van der Waals surface area (Å²) in [6.07, 6.45) is 1.59. The number of aromatic nitrogens is 2. The van der Waals surface area contributed by atoms with E-state index < -0.39 is 4.92 Å². The minimum absolute atomic E-state index is 0.0218. The average Bonchev–Trinajstić information content (AvgIpc) is 3.17. The summed E-state index contributed by atoms with van der Waals surface area (Å²) >= 11 is 0. The number of aryl methyl sites for hydroxylation is 1. The summed E-state index contributed by atoms with van der Waals surface area (Å²) in [7, 11) is 1.85. The molecule has 3 aromatic rings. The van der Waals surface area contributed by atoms with Gasteiger partial charge < -0.3 is 5.32 Å². The molecule has 0 spiro atoms. The average molecular weight is 411 g/mol. The quantitative estimate of drug-likeness (QED) is 0.413. The van der Waals surface area contributed by atoms with Crippen LogP contribution in [0.3, 0.4) is 0 Å². The third-order valence-electron chi connectivity index (χ3n) is 4.53. The van der Waals surface area contributed by atoms with Crippen molar-refractivity contribution in [1.82, 2.24) is 15.1 Å². The van der Waals surface area contributed by atoms with E-state index in [2.05, 4.69) is 15.5 Å². The van der Waals surface area contributed by atoms with Crippen LogP contribution in [0.2, 0.25) is 0 Å². The molecule has 0 unspecified atom stereocenters. The lowest BCUT2D eigenvalue weighted by atomic mass is 10.1. The highest BCUT2D eigenvalue weighted by Gasteiger charge is 2.10. The largest absolute Gasteiger partial charge is 0.325 e. The number of aromatic amines is 1. The Balaban J connectivity index is 1.41. The van der Waals surface area contributed by atoms with Crippen LogP contribution in [0, 0.1) is 15.9 Å². The van der Waals surface area contributed by atoms with Crippen molar-refractivity contribution < 1.29 is 14.1 Å². The molecule has 8 nitrogen and oxygen atoms in total. The van der Waals surface area contributed by atoms with Gasteiger partial charge in [0.05, 0.1) is 17.2 Å². The number of rotatable bonds is 9. The molecule has 0 atom stereocenters. The van der Waals surface area contributed by atoms with Crippen molar-refractivity contribution in [3.05, 3.63) is 76.2 Å². The van der Waals surface area contributed by atoms with Crippen LogP contribution < -0.4 is 5.32 Å². The highest BCUT2D eigenvalue weighted by molar-refractivity contribution is 5.92. The predicted octanol–water partition coefficient (Wildman–Crippen LogP) is 3.63. The molecule has 0 saturated carbocycles. The van der Waals surface area contributed by atoms with E-state index in [9.17, 15) is 19.3 Å². The number of nitro groups is 1. The van der Waals surface area contributed by atoms with Gasteiger partial charge >= 0.3 is 0 Å². The number of hydrogen-bond acceptors (Lipinski definition) is 5. The predicted molar refractivity (Wildman–Crippen MR) is 112 cm³/mol. The van der Waals surface area contributed by atoms with Crippen molar-refractivity contribution in [3.8, 4) is 11.3 Å². The summed E-state index contributed by atoms with van der Waals surface area (Å²) in [5, 5.41) is 20.6. The Morgan fingerprint density at radius 2 is 1.90 bits per heavy atom. The zero-order chi connectivity index (χ0) is 21.5. The number of anilines is 1. The molecule has 9 heteroatoms. The van der Waals surface area contributed by atoms with Crippen molar-refractivity contribution >= 4 is 17.3 Å². The molecule has 0 aliphatic heterocycles. The topological polar surface area (TPSA) is 104 Å². The number of carbonyl (C=O) groups is 1. The number of carbonyl (C=O) groups excluding carboxylic acids is 1. The zero-order valence-corrected chi connectivity index (χ0v) is 16.5. The first kappa shape index (κ1) is 21.1. The summed E-state index contributed by atoms with van der Waals surface area (Å²) in [4.78, 5) is 24.2. The molecule has 2 N–H and O–H groups in total. The molecule has 1 aromatic heterocycles. The van der Waals surface area contributed by atoms with Gasteiger partial charge in [-0.05, 0) is 68.9 Å². The molecule has 0 radical (unpaired) electrons. The first-order valence-electron chi connectivity index (χ1n) is 9.44. The van der Waals surface area contributed by atoms with Gasteiger partial charge in [0.25, 0.3) is 5.69 Å². The second-order valence-electron chi connectivity index (χ2n) is 6.98. The maximum absolute atomic E-state index is 13.0. The lowest BCUT2D eigenvalue weighted by Crippen LogP contribution is -2.31. The van der Waals surface area contributed by atoms with Gasteiger partial charge in [-0.2, -0.15) is 5.10 Å². The van der Waals surface area contributed by atoms with Gasteiger partial charge in [-0.3, -0.25) is 24.9 Å². The van der Waals surface area contributed by atoms with E-state index >= 15 is 0 Å². The second-order valence-corrected chi connectivity index (χ2v) is 6.98. The molecule has 0 aliphatic rings. The normalized spacial score (nSPS) is 10.9. The Hall–Kier alpha value is -3.59. The molecule has 0 aliphatic carbocycles. The van der Waals surface area contributed by atoms with Crippen LogP contribution >= 0.6 is 0 Å². The lowest BCUT2D eigenvalue weighted by molar-refractivity contribution is -0.384. The fourth-order valence-electron chi connectivity index (χ4n) is 2.99. The summed E-state index contributed by atoms with van der Waals surface area (Å²) in [6, 6.07) is 13.8. The van der Waals surface area contributed by atoms with Crippen LogP contribution in [0.1, 0.15) is 12.1 Å². The standard InChI is InChI=1S/C21H22FN5O3/c1-26(14-21(28)23-17-8-10-19(11-9-17)27(29)30)12-2-3-18-13-20(25-24-18)15-4-6-16(22)7-5-15/h4-11,13H,2-3,12,14H2,1H3,(H,23,28)(H,24,25). The Morgan fingerprint density at radius 1 is 1.20 bits per heavy atom. The smallest absolute Gasteiger partial charge is 0.269 e. The van der Waals surface area contributed by atoms with Gasteiger partial charge in [0.2, 0.25) is 5.91 Å². The first-order valence-corrected chi connectivity index (χ1v) is 9.44. The van der Waals surface area contributed by atoms with Gasteiger partial charge in [0, 0.05) is 29.1 Å². The number of nitrogens with one attached hydrogen (secondary N) is 2. The molecule has 1 amide bonds. The molecule has 156 valence electrons. The molecule has 0 fully saturated rings. The molecule has 3 rings (SSSR count). The number of benzene rings is 2. The van der Waals surface area contributed by atoms with Crippen molar-refractivity contribution in [2.24, 2.45) is 0 Å². The van der Waals surface area contributed by atoms with Crippen molar-refractivity contribution in [3.63, 3.8) is 0 Å². The molecule has 2 aromatic carbocycles. The molecular formula is C21H22FN5O3. The molecule has 1 heterocycles. The van der Waals surface area contributed by atoms with E-state index in [1.54, 1.807) is 12.1 Å². The zero-order valence-electron chi connectivity index (χ0n) is 16.5. The fourth-order valence-corrected chi connectivity index (χ4v) is 2.99. The highest BCUT2D eigenvalue weighted by Crippen LogP contribution is 2.19. The minimum atomic E-state index is -0.484. The van der Waals surface area contributed by atoms with Crippen LogP contribution in [0.4, 0.5) is 15.8 Å². The van der Waals surface area contributed by atoms with Crippen molar-refractivity contribution in [2.45, 2.75) is 12.8 Å². The monoisotopic (exact) mass is 411 g/mol. The SMILES string of the molecule is CN(CCCc1cc(-c2ccc(F)cc2)n[nH]1)CC(=O)Nc1ccc([N+](=O)[O-])cc1. The summed E-state index contributed by atoms with van der Waals surface area (Å²) in [6.45, 7) is 0.916. The third-order valence-corrected chi connectivity index (χ3v) is 4.53. The Labute approximate surface area is 172 Å². The number of non-ortho nitro benzene ring substituents is 1. The Bertz CT molecular complexity index is 1000. The number of nitro benzene ring substituents is 1. The van der Waals surface area contributed by atoms with E-state index in [4.69, 9.17) is 0 Å². The molecule has 30 heavy (non-hydrogen) atoms. The highest BCUT2D eigenvalue weighted by atomic mass is 19.1. The summed E-state index contributed by atoms with van der Waals surface area (Å²) < 4.78 is 13.0.